The molecule has 0 radical (unpaired) electrons. The van der Waals surface area contributed by atoms with E-state index >= 15 is 0 Å². The van der Waals surface area contributed by atoms with Crippen molar-refractivity contribution in [3.05, 3.63) is 35.2 Å². The summed E-state index contributed by atoms with van der Waals surface area (Å²) in [7, 11) is 0. The Bertz CT molecular complexity index is 414. The fourth-order valence-corrected chi connectivity index (χ4v) is 2.98. The molecule has 0 saturated carbocycles. The van der Waals surface area contributed by atoms with Gasteiger partial charge in [-0.15, -0.1) is 11.3 Å². The molecule has 1 aromatic carbocycles. The van der Waals surface area contributed by atoms with Gasteiger partial charge in [0.05, 0.1) is 6.10 Å². The lowest BCUT2D eigenvalue weighted by Gasteiger charge is -2.06. The number of aliphatic hydroxyl groups is 1. The first-order valence-corrected chi connectivity index (χ1v) is 6.79. The number of hydrogen-bond donors (Lipinski definition) is 1. The first-order chi connectivity index (χ1) is 7.81. The summed E-state index contributed by atoms with van der Waals surface area (Å²) in [6.45, 7) is 2.19. The van der Waals surface area contributed by atoms with Crippen LogP contribution in [0.1, 0.15) is 43.6 Å². The lowest BCUT2D eigenvalue weighted by atomic mass is 10.1. The molecule has 1 atom stereocenters. The van der Waals surface area contributed by atoms with Gasteiger partial charge >= 0.3 is 0 Å². The third-order valence-electron chi connectivity index (χ3n) is 2.85. The van der Waals surface area contributed by atoms with Crippen molar-refractivity contribution in [2.24, 2.45) is 0 Å². The van der Waals surface area contributed by atoms with Crippen LogP contribution in [0, 0.1) is 0 Å². The summed E-state index contributed by atoms with van der Waals surface area (Å²) < 4.78 is 1.27. The van der Waals surface area contributed by atoms with E-state index in [1.807, 2.05) is 12.1 Å². The van der Waals surface area contributed by atoms with Crippen molar-refractivity contribution in [2.45, 2.75) is 38.7 Å². The summed E-state index contributed by atoms with van der Waals surface area (Å²) in [4.78, 5) is 1.11. The highest BCUT2D eigenvalue weighted by molar-refractivity contribution is 7.19. The summed E-state index contributed by atoms with van der Waals surface area (Å²) in [6.07, 6.45) is 4.15. The Labute approximate surface area is 101 Å². The van der Waals surface area contributed by atoms with Crippen LogP contribution in [0.5, 0.6) is 0 Å². The summed E-state index contributed by atoms with van der Waals surface area (Å²) >= 11 is 1.71. The Balaban J connectivity index is 2.07. The van der Waals surface area contributed by atoms with Crippen molar-refractivity contribution >= 4 is 21.4 Å². The predicted octanol–water partition coefficient (Wildman–Crippen LogP) is 4.52. The van der Waals surface area contributed by atoms with E-state index in [1.54, 1.807) is 11.3 Å². The number of rotatable bonds is 5. The van der Waals surface area contributed by atoms with Crippen molar-refractivity contribution in [3.8, 4) is 0 Å². The van der Waals surface area contributed by atoms with Crippen molar-refractivity contribution in [2.75, 3.05) is 0 Å². The van der Waals surface area contributed by atoms with E-state index in [0.29, 0.717) is 0 Å². The number of thiophene rings is 1. The van der Waals surface area contributed by atoms with Gasteiger partial charge in [-0.2, -0.15) is 0 Å². The smallest absolute Gasteiger partial charge is 0.0882 e. The molecule has 0 fully saturated rings. The van der Waals surface area contributed by atoms with Gasteiger partial charge in [-0.1, -0.05) is 44.4 Å². The van der Waals surface area contributed by atoms with Gasteiger partial charge in [0.25, 0.3) is 0 Å². The minimum absolute atomic E-state index is 0.274. The Morgan fingerprint density at radius 3 is 2.81 bits per heavy atom. The van der Waals surface area contributed by atoms with Crippen LogP contribution in [0.25, 0.3) is 10.1 Å². The number of benzene rings is 1. The average molecular weight is 234 g/mol. The molecule has 16 heavy (non-hydrogen) atoms. The first kappa shape index (κ1) is 11.6. The standard InChI is InChI=1S/C14H18OS/c1-2-3-4-8-12(15)14-10-11-7-5-6-9-13(11)16-14/h5-7,9-10,12,15H,2-4,8H2,1H3. The van der Waals surface area contributed by atoms with E-state index in [1.165, 1.54) is 22.9 Å². The molecular weight excluding hydrogens is 216 g/mol. The highest BCUT2D eigenvalue weighted by atomic mass is 32.1. The summed E-state index contributed by atoms with van der Waals surface area (Å²) in [5.74, 6) is 0. The van der Waals surface area contributed by atoms with Crippen molar-refractivity contribution in [3.63, 3.8) is 0 Å². The van der Waals surface area contributed by atoms with Gasteiger partial charge in [0.1, 0.15) is 0 Å². The number of aliphatic hydroxyl groups excluding tert-OH is 1. The van der Waals surface area contributed by atoms with Crippen molar-refractivity contribution < 1.29 is 5.11 Å². The Morgan fingerprint density at radius 2 is 2.06 bits per heavy atom. The van der Waals surface area contributed by atoms with Gasteiger partial charge in [0.2, 0.25) is 0 Å². The molecule has 1 nitrogen and oxygen atoms in total. The van der Waals surface area contributed by atoms with E-state index in [2.05, 4.69) is 25.1 Å². The fraction of sp³-hybridized carbons (Fsp3) is 0.429. The van der Waals surface area contributed by atoms with Crippen molar-refractivity contribution in [1.82, 2.24) is 0 Å². The second-order valence-corrected chi connectivity index (χ2v) is 5.31. The zero-order chi connectivity index (χ0) is 11.4. The average Bonchev–Trinajstić information content (AvgIpc) is 2.73. The molecule has 1 aromatic heterocycles. The highest BCUT2D eigenvalue weighted by Gasteiger charge is 2.10. The quantitative estimate of drug-likeness (QED) is 0.754. The number of fused-ring (bicyclic) bond motifs is 1. The SMILES string of the molecule is CCCCCC(O)c1cc2ccccc2s1. The van der Waals surface area contributed by atoms with Crippen LogP contribution in [0.15, 0.2) is 30.3 Å². The number of hydrogen-bond acceptors (Lipinski definition) is 2. The Kier molecular flexibility index (Phi) is 3.97. The molecule has 0 aliphatic carbocycles. The molecule has 0 aliphatic rings. The Hall–Kier alpha value is -0.860. The van der Waals surface area contributed by atoms with Crippen LogP contribution < -0.4 is 0 Å². The lowest BCUT2D eigenvalue weighted by molar-refractivity contribution is 0.167. The fourth-order valence-electron chi connectivity index (χ4n) is 1.90. The van der Waals surface area contributed by atoms with Crippen LogP contribution in [-0.2, 0) is 0 Å². The summed E-state index contributed by atoms with van der Waals surface area (Å²) in [5, 5.41) is 11.3. The zero-order valence-corrected chi connectivity index (χ0v) is 10.5. The van der Waals surface area contributed by atoms with Crippen LogP contribution >= 0.6 is 11.3 Å². The van der Waals surface area contributed by atoms with E-state index < -0.39 is 0 Å². The van der Waals surface area contributed by atoms with Gasteiger partial charge < -0.3 is 5.11 Å². The molecule has 1 heterocycles. The van der Waals surface area contributed by atoms with Gasteiger partial charge in [0, 0.05) is 9.58 Å². The predicted molar refractivity (Wildman–Crippen MR) is 70.9 cm³/mol. The third kappa shape index (κ3) is 2.63. The van der Waals surface area contributed by atoms with Gasteiger partial charge in [-0.05, 0) is 23.9 Å². The van der Waals surface area contributed by atoms with E-state index in [-0.39, 0.29) is 6.10 Å². The second kappa shape index (κ2) is 5.46. The van der Waals surface area contributed by atoms with Gasteiger partial charge in [0.15, 0.2) is 0 Å². The molecule has 1 unspecified atom stereocenters. The largest absolute Gasteiger partial charge is 0.388 e. The molecule has 0 spiro atoms. The highest BCUT2D eigenvalue weighted by Crippen LogP contribution is 2.31. The van der Waals surface area contributed by atoms with Crippen LogP contribution in [0.3, 0.4) is 0 Å². The van der Waals surface area contributed by atoms with E-state index in [0.717, 1.165) is 17.7 Å². The summed E-state index contributed by atoms with van der Waals surface area (Å²) in [5.41, 5.74) is 0. The third-order valence-corrected chi connectivity index (χ3v) is 4.07. The lowest BCUT2D eigenvalue weighted by Crippen LogP contribution is -1.93. The van der Waals surface area contributed by atoms with Crippen molar-refractivity contribution in [1.29, 1.82) is 0 Å². The Morgan fingerprint density at radius 1 is 1.25 bits per heavy atom. The molecule has 0 aliphatic heterocycles. The van der Waals surface area contributed by atoms with Crippen LogP contribution in [0.2, 0.25) is 0 Å². The minimum atomic E-state index is -0.274. The maximum absolute atomic E-state index is 10.1. The van der Waals surface area contributed by atoms with E-state index in [9.17, 15) is 5.11 Å². The molecule has 2 rings (SSSR count). The molecule has 2 aromatic rings. The normalized spacial score (nSPS) is 13.1. The van der Waals surface area contributed by atoms with Gasteiger partial charge in [-0.25, -0.2) is 0 Å². The minimum Gasteiger partial charge on any atom is -0.388 e. The van der Waals surface area contributed by atoms with Gasteiger partial charge in [-0.3, -0.25) is 0 Å². The topological polar surface area (TPSA) is 20.2 Å². The molecule has 0 saturated heterocycles. The second-order valence-electron chi connectivity index (χ2n) is 4.20. The van der Waals surface area contributed by atoms with Crippen LogP contribution in [-0.4, -0.2) is 5.11 Å². The zero-order valence-electron chi connectivity index (χ0n) is 9.65. The number of unbranched alkanes of at least 4 members (excludes halogenated alkanes) is 2. The molecular formula is C14H18OS. The monoisotopic (exact) mass is 234 g/mol. The molecule has 2 heteroatoms. The first-order valence-electron chi connectivity index (χ1n) is 5.98. The van der Waals surface area contributed by atoms with Crippen LogP contribution in [0.4, 0.5) is 0 Å². The summed E-state index contributed by atoms with van der Waals surface area (Å²) in [6, 6.07) is 10.4. The molecule has 86 valence electrons. The maximum atomic E-state index is 10.1. The molecule has 1 N–H and O–H groups in total. The maximum Gasteiger partial charge on any atom is 0.0882 e. The molecule has 0 amide bonds. The van der Waals surface area contributed by atoms with E-state index in [4.69, 9.17) is 0 Å². The molecule has 0 bridgehead atoms.